The Hall–Kier alpha value is -3.03. The van der Waals surface area contributed by atoms with Crippen molar-refractivity contribution in [2.45, 2.75) is 52.5 Å². The fraction of sp³-hybridized carbons (Fsp3) is 0.357. The lowest BCUT2D eigenvalue weighted by molar-refractivity contribution is 0.172. The summed E-state index contributed by atoms with van der Waals surface area (Å²) in [6.45, 7) is 10.0. The van der Waals surface area contributed by atoms with E-state index in [1.807, 2.05) is 19.9 Å². The molecule has 1 saturated heterocycles. The summed E-state index contributed by atoms with van der Waals surface area (Å²) in [5, 5.41) is 0.284. The van der Waals surface area contributed by atoms with Crippen molar-refractivity contribution in [1.82, 2.24) is 24.8 Å². The molecule has 3 heterocycles. The van der Waals surface area contributed by atoms with E-state index in [-0.39, 0.29) is 28.1 Å². The lowest BCUT2D eigenvalue weighted by Crippen LogP contribution is -2.37. The van der Waals surface area contributed by atoms with Crippen LogP contribution in [0.3, 0.4) is 0 Å². The second-order valence-corrected chi connectivity index (χ2v) is 10.2. The lowest BCUT2D eigenvalue weighted by atomic mass is 9.88. The molecule has 1 fully saturated rings. The number of piperidine rings is 1. The van der Waals surface area contributed by atoms with E-state index in [4.69, 9.17) is 16.6 Å². The molecule has 2 aromatic carbocycles. The molecule has 0 unspecified atom stereocenters. The molecule has 0 amide bonds. The van der Waals surface area contributed by atoms with Crippen LogP contribution < -0.4 is 0 Å². The van der Waals surface area contributed by atoms with Gasteiger partial charge in [-0.1, -0.05) is 11.6 Å². The number of likely N-dealkylation sites (tertiary alicyclic amines) is 1. The molecule has 4 aromatic rings. The molecular formula is C28H28ClF2N5. The van der Waals surface area contributed by atoms with Gasteiger partial charge in [0.1, 0.15) is 22.8 Å². The van der Waals surface area contributed by atoms with Gasteiger partial charge >= 0.3 is 0 Å². The van der Waals surface area contributed by atoms with Crippen LogP contribution in [0.4, 0.5) is 8.78 Å². The number of aromatic nitrogens is 4. The summed E-state index contributed by atoms with van der Waals surface area (Å²) in [5.41, 5.74) is 4.15. The van der Waals surface area contributed by atoms with Gasteiger partial charge in [0.15, 0.2) is 11.5 Å². The predicted octanol–water partition coefficient (Wildman–Crippen LogP) is 6.89. The molecule has 0 saturated carbocycles. The quantitative estimate of drug-likeness (QED) is 0.301. The van der Waals surface area contributed by atoms with Gasteiger partial charge in [-0.15, -0.1) is 0 Å². The average molecular weight is 508 g/mol. The Morgan fingerprint density at radius 3 is 2.33 bits per heavy atom. The van der Waals surface area contributed by atoms with Crippen molar-refractivity contribution < 1.29 is 8.78 Å². The number of fused-ring (bicyclic) bond motifs is 1. The second-order valence-electron chi connectivity index (χ2n) is 9.76. The Morgan fingerprint density at radius 1 is 0.917 bits per heavy atom. The molecule has 0 N–H and O–H groups in total. The van der Waals surface area contributed by atoms with E-state index >= 15 is 0 Å². The van der Waals surface area contributed by atoms with Gasteiger partial charge in [-0.05, 0) is 102 Å². The van der Waals surface area contributed by atoms with Gasteiger partial charge in [0.25, 0.3) is 0 Å². The zero-order valence-corrected chi connectivity index (χ0v) is 21.6. The molecule has 5 rings (SSSR count). The van der Waals surface area contributed by atoms with E-state index in [0.29, 0.717) is 39.9 Å². The van der Waals surface area contributed by atoms with Crippen molar-refractivity contribution in [3.05, 3.63) is 70.0 Å². The van der Waals surface area contributed by atoms with Crippen molar-refractivity contribution >= 4 is 22.8 Å². The van der Waals surface area contributed by atoms with E-state index in [1.165, 1.54) is 12.1 Å². The monoisotopic (exact) mass is 507 g/mol. The summed E-state index contributed by atoms with van der Waals surface area (Å²) in [6, 6.07) is 9.89. The van der Waals surface area contributed by atoms with Gasteiger partial charge in [-0.2, -0.15) is 0 Å². The minimum absolute atomic E-state index is 0.239. The maximum atomic E-state index is 15.0. The first-order chi connectivity index (χ1) is 17.2. The largest absolute Gasteiger partial charge is 0.301 e. The third-order valence-electron chi connectivity index (χ3n) is 7.04. The van der Waals surface area contributed by atoms with Crippen LogP contribution >= 0.6 is 11.6 Å². The topological polar surface area (TPSA) is 54.8 Å². The smallest absolute Gasteiger partial charge is 0.182 e. The van der Waals surface area contributed by atoms with Crippen LogP contribution in [0.5, 0.6) is 0 Å². The number of rotatable bonds is 4. The van der Waals surface area contributed by atoms with Crippen molar-refractivity contribution in [3.8, 4) is 22.6 Å². The number of aryl methyl sites for hydroxylation is 2. The minimum Gasteiger partial charge on any atom is -0.301 e. The Labute approximate surface area is 214 Å². The molecule has 0 bridgehead atoms. The van der Waals surface area contributed by atoms with Gasteiger partial charge in [0, 0.05) is 22.2 Å². The molecule has 1 aliphatic heterocycles. The van der Waals surface area contributed by atoms with Crippen LogP contribution in [0.15, 0.2) is 36.4 Å². The Balaban J connectivity index is 1.63. The third kappa shape index (κ3) is 4.82. The number of benzene rings is 2. The molecule has 8 heteroatoms. The Morgan fingerprint density at radius 2 is 1.64 bits per heavy atom. The highest BCUT2D eigenvalue weighted by molar-refractivity contribution is 6.30. The highest BCUT2D eigenvalue weighted by Crippen LogP contribution is 2.34. The second kappa shape index (κ2) is 9.79. The number of halogens is 3. The SMILES string of the molecule is Cc1nc2nc(-c3cc(F)cc(C4CCN(C(C)C)CC4)c3)nc(-c3ccc(Cl)cc3F)c2nc1C. The van der Waals surface area contributed by atoms with Gasteiger partial charge < -0.3 is 4.90 Å². The van der Waals surface area contributed by atoms with Crippen molar-refractivity contribution in [2.75, 3.05) is 13.1 Å². The third-order valence-corrected chi connectivity index (χ3v) is 7.27. The normalized spacial score (nSPS) is 15.2. The lowest BCUT2D eigenvalue weighted by Gasteiger charge is -2.34. The standard InChI is InChI=1S/C28H28ClF2N5/c1-15(2)36-9-7-18(8-10-36)19-11-20(13-22(30)12-19)27-34-25(23-6-5-21(29)14-24(23)31)26-28(35-27)33-17(4)16(3)32-26/h5-6,11-15,18H,7-10H2,1-4H3. The highest BCUT2D eigenvalue weighted by atomic mass is 35.5. The van der Waals surface area contributed by atoms with E-state index in [9.17, 15) is 8.78 Å². The first kappa shape index (κ1) is 24.7. The van der Waals surface area contributed by atoms with Crippen LogP contribution in [0.25, 0.3) is 33.8 Å². The highest BCUT2D eigenvalue weighted by Gasteiger charge is 2.24. The van der Waals surface area contributed by atoms with Gasteiger partial charge in [0.05, 0.1) is 11.4 Å². The first-order valence-corrected chi connectivity index (χ1v) is 12.6. The molecule has 2 aromatic heterocycles. The number of hydrogen-bond donors (Lipinski definition) is 0. The summed E-state index contributed by atoms with van der Waals surface area (Å²) in [4.78, 5) is 21.0. The van der Waals surface area contributed by atoms with Crippen molar-refractivity contribution in [1.29, 1.82) is 0 Å². The number of hydrogen-bond acceptors (Lipinski definition) is 5. The molecule has 0 radical (unpaired) electrons. The van der Waals surface area contributed by atoms with Crippen molar-refractivity contribution in [3.63, 3.8) is 0 Å². The molecule has 0 aliphatic carbocycles. The average Bonchev–Trinajstić information content (AvgIpc) is 2.84. The molecule has 36 heavy (non-hydrogen) atoms. The van der Waals surface area contributed by atoms with Crippen LogP contribution in [-0.4, -0.2) is 44.0 Å². The fourth-order valence-electron chi connectivity index (χ4n) is 4.84. The van der Waals surface area contributed by atoms with E-state index in [0.717, 1.165) is 31.5 Å². The van der Waals surface area contributed by atoms with Crippen LogP contribution in [0.2, 0.25) is 5.02 Å². The Kier molecular flexibility index (Phi) is 6.70. The maximum absolute atomic E-state index is 15.0. The maximum Gasteiger partial charge on any atom is 0.182 e. The summed E-state index contributed by atoms with van der Waals surface area (Å²) in [7, 11) is 0. The summed E-state index contributed by atoms with van der Waals surface area (Å²) in [5.74, 6) is -0.328. The fourth-order valence-corrected chi connectivity index (χ4v) is 5.00. The summed E-state index contributed by atoms with van der Waals surface area (Å²) in [6.07, 6.45) is 1.93. The zero-order valence-electron chi connectivity index (χ0n) is 20.8. The van der Waals surface area contributed by atoms with Crippen molar-refractivity contribution in [2.24, 2.45) is 0 Å². The van der Waals surface area contributed by atoms with Crippen LogP contribution in [-0.2, 0) is 0 Å². The molecule has 186 valence electrons. The van der Waals surface area contributed by atoms with Crippen LogP contribution in [0, 0.1) is 25.5 Å². The molecule has 1 aliphatic rings. The van der Waals surface area contributed by atoms with E-state index < -0.39 is 5.82 Å². The van der Waals surface area contributed by atoms with E-state index in [2.05, 4.69) is 33.7 Å². The zero-order chi connectivity index (χ0) is 25.6. The Bertz CT molecular complexity index is 1450. The predicted molar refractivity (Wildman–Crippen MR) is 139 cm³/mol. The minimum atomic E-state index is -0.523. The molecular weight excluding hydrogens is 480 g/mol. The van der Waals surface area contributed by atoms with E-state index in [1.54, 1.807) is 18.2 Å². The summed E-state index contributed by atoms with van der Waals surface area (Å²) < 4.78 is 29.8. The molecule has 0 spiro atoms. The van der Waals surface area contributed by atoms with Gasteiger partial charge in [0.2, 0.25) is 0 Å². The van der Waals surface area contributed by atoms with Gasteiger partial charge in [-0.25, -0.2) is 28.7 Å². The van der Waals surface area contributed by atoms with Gasteiger partial charge in [-0.3, -0.25) is 0 Å². The van der Waals surface area contributed by atoms with Crippen LogP contribution in [0.1, 0.15) is 49.6 Å². The first-order valence-electron chi connectivity index (χ1n) is 12.2. The molecule has 5 nitrogen and oxygen atoms in total. The molecule has 0 atom stereocenters. The number of nitrogens with zero attached hydrogens (tertiary/aromatic N) is 5. The summed E-state index contributed by atoms with van der Waals surface area (Å²) >= 11 is 5.99.